The maximum Gasteiger partial charge on any atom is 0.325 e. The number of nitrogens with two attached hydrogens (primary N) is 2. The van der Waals surface area contributed by atoms with E-state index in [-0.39, 0.29) is 34.3 Å². The van der Waals surface area contributed by atoms with Crippen LogP contribution in [0, 0.1) is 12.7 Å². The summed E-state index contributed by atoms with van der Waals surface area (Å²) in [5, 5.41) is 2.41. The second kappa shape index (κ2) is 10.8. The predicted molar refractivity (Wildman–Crippen MR) is 124 cm³/mol. The number of primary amides is 1. The lowest BCUT2D eigenvalue weighted by Crippen LogP contribution is -2.45. The molecule has 184 valence electrons. The summed E-state index contributed by atoms with van der Waals surface area (Å²) in [5.74, 6) is -3.55. The number of nitrogens with zero attached hydrogens (tertiary/aromatic N) is 2. The summed E-state index contributed by atoms with van der Waals surface area (Å²) < 4.78 is 28.5. The molecule has 0 aliphatic rings. The minimum Gasteiger partial charge on any atom is -0.465 e. The van der Waals surface area contributed by atoms with Gasteiger partial charge in [0.2, 0.25) is 0 Å². The van der Waals surface area contributed by atoms with Crippen LogP contribution in [-0.2, 0) is 14.3 Å². The number of carbonyl (C=O) groups excluding carboxylic acids is 4. The quantitative estimate of drug-likeness (QED) is 0.372. The van der Waals surface area contributed by atoms with Crippen LogP contribution < -0.4 is 21.7 Å². The van der Waals surface area contributed by atoms with Gasteiger partial charge in [-0.1, -0.05) is 6.07 Å². The maximum atomic E-state index is 14.2. The number of furan rings is 1. The van der Waals surface area contributed by atoms with Crippen LogP contribution in [0.2, 0.25) is 0 Å². The fraction of sp³-hybridized carbons (Fsp3) is 0.227. The smallest absolute Gasteiger partial charge is 0.325 e. The Balaban J connectivity index is 2.13. The number of aromatic nitrogens is 1. The van der Waals surface area contributed by atoms with Gasteiger partial charge in [-0.2, -0.15) is 4.37 Å². The second-order valence-corrected chi connectivity index (χ2v) is 7.94. The molecular weight excluding hydrogens is 481 g/mol. The van der Waals surface area contributed by atoms with Gasteiger partial charge in [-0.05, 0) is 55.7 Å². The number of carbonyl (C=O) groups is 4. The summed E-state index contributed by atoms with van der Waals surface area (Å²) in [6.07, 6.45) is 0. The Morgan fingerprint density at radius 3 is 2.57 bits per heavy atom. The monoisotopic (exact) mass is 503 g/mol. The highest BCUT2D eigenvalue weighted by atomic mass is 32.1. The Morgan fingerprint density at radius 1 is 1.26 bits per heavy atom. The molecule has 0 saturated heterocycles. The van der Waals surface area contributed by atoms with E-state index in [1.165, 1.54) is 18.2 Å². The molecule has 3 rings (SSSR count). The molecule has 0 radical (unpaired) electrons. The Hall–Kier alpha value is -4.26. The van der Waals surface area contributed by atoms with Crippen LogP contribution in [0.5, 0.6) is 0 Å². The van der Waals surface area contributed by atoms with E-state index in [1.54, 1.807) is 19.9 Å². The molecule has 2 heterocycles. The van der Waals surface area contributed by atoms with Gasteiger partial charge in [-0.25, -0.2) is 4.39 Å². The molecule has 3 aromatic rings. The zero-order valence-electron chi connectivity index (χ0n) is 18.7. The van der Waals surface area contributed by atoms with Crippen molar-refractivity contribution in [2.45, 2.75) is 19.9 Å². The third-order valence-electron chi connectivity index (χ3n) is 4.71. The van der Waals surface area contributed by atoms with Crippen molar-refractivity contribution in [2.75, 3.05) is 23.8 Å². The molecule has 11 nitrogen and oxygen atoms in total. The molecule has 3 amide bonds. The van der Waals surface area contributed by atoms with Gasteiger partial charge in [0, 0.05) is 5.69 Å². The third kappa shape index (κ3) is 5.63. The number of amides is 3. The summed E-state index contributed by atoms with van der Waals surface area (Å²) in [7, 11) is 0. The lowest BCUT2D eigenvalue weighted by molar-refractivity contribution is -0.143. The first-order valence-electron chi connectivity index (χ1n) is 10.3. The van der Waals surface area contributed by atoms with Crippen LogP contribution in [-0.4, -0.2) is 41.2 Å². The maximum absolute atomic E-state index is 14.2. The van der Waals surface area contributed by atoms with Crippen LogP contribution in [0.4, 0.5) is 15.8 Å². The number of hydrogen-bond donors (Lipinski definition) is 3. The Bertz CT molecular complexity index is 1270. The van der Waals surface area contributed by atoms with E-state index in [0.29, 0.717) is 17.3 Å². The molecule has 35 heavy (non-hydrogen) atoms. The summed E-state index contributed by atoms with van der Waals surface area (Å²) in [4.78, 5) is 51.2. The summed E-state index contributed by atoms with van der Waals surface area (Å²) in [6, 6.07) is 6.48. The Morgan fingerprint density at radius 2 is 2.00 bits per heavy atom. The van der Waals surface area contributed by atoms with Gasteiger partial charge in [0.05, 0.1) is 12.3 Å². The molecular formula is C22H22FN5O6S. The molecule has 0 bridgehead atoms. The summed E-state index contributed by atoms with van der Waals surface area (Å²) in [6.45, 7) is 2.86. The molecule has 0 aliphatic carbocycles. The number of nitrogen functional groups attached to an aromatic ring is 1. The number of aryl methyl sites for hydroxylation is 1. The summed E-state index contributed by atoms with van der Waals surface area (Å²) >= 11 is 0.597. The van der Waals surface area contributed by atoms with Crippen molar-refractivity contribution in [1.29, 1.82) is 0 Å². The highest BCUT2D eigenvalue weighted by Gasteiger charge is 2.38. The number of anilines is 2. The average Bonchev–Trinajstić information content (AvgIpc) is 3.40. The second-order valence-electron chi connectivity index (χ2n) is 7.17. The van der Waals surface area contributed by atoms with Gasteiger partial charge >= 0.3 is 5.97 Å². The van der Waals surface area contributed by atoms with Crippen LogP contribution in [0.3, 0.4) is 0 Å². The lowest BCUT2D eigenvalue weighted by Gasteiger charge is -2.29. The van der Waals surface area contributed by atoms with Gasteiger partial charge in [0.1, 0.15) is 28.8 Å². The molecule has 1 unspecified atom stereocenters. The van der Waals surface area contributed by atoms with E-state index in [1.807, 2.05) is 0 Å². The van der Waals surface area contributed by atoms with Gasteiger partial charge in [0.25, 0.3) is 17.7 Å². The lowest BCUT2D eigenvalue weighted by atomic mass is 10.1. The van der Waals surface area contributed by atoms with E-state index in [9.17, 15) is 23.6 Å². The number of esters is 1. The zero-order valence-corrected chi connectivity index (χ0v) is 19.6. The van der Waals surface area contributed by atoms with E-state index in [2.05, 4.69) is 9.69 Å². The first kappa shape index (κ1) is 25.4. The molecule has 5 N–H and O–H groups in total. The normalized spacial score (nSPS) is 11.5. The van der Waals surface area contributed by atoms with Crippen LogP contribution in [0.15, 0.2) is 40.8 Å². The predicted octanol–water partition coefficient (Wildman–Crippen LogP) is 1.93. The fourth-order valence-corrected chi connectivity index (χ4v) is 3.93. The first-order valence-corrected chi connectivity index (χ1v) is 11.0. The van der Waals surface area contributed by atoms with Crippen molar-refractivity contribution < 1.29 is 32.7 Å². The third-order valence-corrected chi connectivity index (χ3v) is 5.56. The fourth-order valence-electron chi connectivity index (χ4n) is 3.19. The molecule has 2 aromatic heterocycles. The minimum atomic E-state index is -1.49. The number of nitrogens with one attached hydrogen (secondary N) is 1. The van der Waals surface area contributed by atoms with E-state index in [0.717, 1.165) is 17.0 Å². The number of benzene rings is 1. The number of ether oxygens (including phenoxy) is 1. The van der Waals surface area contributed by atoms with E-state index >= 15 is 0 Å². The van der Waals surface area contributed by atoms with Crippen LogP contribution in [0.25, 0.3) is 0 Å². The number of hydrogen-bond acceptors (Lipinski definition) is 9. The number of rotatable bonds is 9. The average molecular weight is 504 g/mol. The first-order chi connectivity index (χ1) is 16.6. The molecule has 1 atom stereocenters. The molecule has 0 spiro atoms. The van der Waals surface area contributed by atoms with Crippen molar-refractivity contribution >= 4 is 46.6 Å². The SMILES string of the molecule is CCOC(=O)CNC(=O)C(c1ccc(C)o1)N(C(=O)c1snc(C(N)=O)c1N)c1cccc(F)c1. The molecule has 1 aromatic carbocycles. The van der Waals surface area contributed by atoms with Gasteiger partial charge in [0.15, 0.2) is 11.7 Å². The van der Waals surface area contributed by atoms with Crippen molar-refractivity contribution in [3.8, 4) is 0 Å². The highest BCUT2D eigenvalue weighted by Crippen LogP contribution is 2.34. The van der Waals surface area contributed by atoms with Crippen LogP contribution >= 0.6 is 11.5 Å². The minimum absolute atomic E-state index is 0.0197. The standard InChI is InChI=1S/C22H22FN5O6S/c1-3-33-15(29)10-26-21(31)18(14-8-7-11(2)34-14)28(13-6-4-5-12(23)9-13)22(32)19-16(24)17(20(25)30)27-35-19/h4-9,18H,3,10,24H2,1-2H3,(H2,25,30)(H,26,31). The van der Waals surface area contributed by atoms with Crippen molar-refractivity contribution in [2.24, 2.45) is 5.73 Å². The topological polar surface area (TPSA) is 171 Å². The largest absolute Gasteiger partial charge is 0.465 e. The van der Waals surface area contributed by atoms with Gasteiger partial charge in [-0.15, -0.1) is 0 Å². The molecule has 0 fully saturated rings. The van der Waals surface area contributed by atoms with Gasteiger partial charge in [-0.3, -0.25) is 24.1 Å². The zero-order chi connectivity index (χ0) is 25.7. The molecule has 0 aliphatic heterocycles. The van der Waals surface area contributed by atoms with E-state index in [4.69, 9.17) is 20.6 Å². The highest BCUT2D eigenvalue weighted by molar-refractivity contribution is 7.09. The molecule has 0 saturated carbocycles. The van der Waals surface area contributed by atoms with E-state index < -0.39 is 42.1 Å². The Kier molecular flexibility index (Phi) is 7.81. The molecule has 13 heteroatoms. The van der Waals surface area contributed by atoms with Crippen molar-refractivity contribution in [3.05, 3.63) is 64.3 Å². The summed E-state index contributed by atoms with van der Waals surface area (Å²) in [5.41, 5.74) is 10.6. The van der Waals surface area contributed by atoms with Crippen molar-refractivity contribution in [3.63, 3.8) is 0 Å². The van der Waals surface area contributed by atoms with Crippen LogP contribution in [0.1, 0.15) is 44.6 Å². The number of halogens is 1. The van der Waals surface area contributed by atoms with Crippen molar-refractivity contribution in [1.82, 2.24) is 9.69 Å². The van der Waals surface area contributed by atoms with Gasteiger partial charge < -0.3 is 25.9 Å². The Labute approximate surface area is 203 Å².